The second-order valence-electron chi connectivity index (χ2n) is 3.82. The number of rotatable bonds is 6. The van der Waals surface area contributed by atoms with Gasteiger partial charge in [0.25, 0.3) is 0 Å². The summed E-state index contributed by atoms with van der Waals surface area (Å²) in [7, 11) is 3.92. The third-order valence-electron chi connectivity index (χ3n) is 2.11. The zero-order chi connectivity index (χ0) is 13.0. The predicted octanol–water partition coefficient (Wildman–Crippen LogP) is 1.98. The van der Waals surface area contributed by atoms with Crippen molar-refractivity contribution < 1.29 is 4.42 Å². The van der Waals surface area contributed by atoms with Gasteiger partial charge in [-0.3, -0.25) is 0 Å². The second-order valence-corrected chi connectivity index (χ2v) is 5.54. The largest absolute Gasteiger partial charge is 0.424 e. The molecular weight excluding hydrogens is 270 g/mol. The molecule has 0 N–H and O–H groups in total. The van der Waals surface area contributed by atoms with Crippen LogP contribution in [0.2, 0.25) is 0 Å². The molecular formula is C10H15N5OS2. The molecule has 0 fully saturated rings. The van der Waals surface area contributed by atoms with Gasteiger partial charge in [-0.15, -0.1) is 22.0 Å². The summed E-state index contributed by atoms with van der Waals surface area (Å²) >= 11 is 3.09. The third-order valence-corrected chi connectivity index (χ3v) is 3.94. The van der Waals surface area contributed by atoms with Gasteiger partial charge in [0.1, 0.15) is 0 Å². The normalized spacial score (nSPS) is 10.8. The molecule has 0 aliphatic carbocycles. The lowest BCUT2D eigenvalue weighted by Crippen LogP contribution is -2.07. The Balaban J connectivity index is 1.80. The van der Waals surface area contributed by atoms with Crippen LogP contribution >= 0.6 is 23.3 Å². The van der Waals surface area contributed by atoms with Gasteiger partial charge >= 0.3 is 0 Å². The van der Waals surface area contributed by atoms with Gasteiger partial charge in [0.15, 0.2) is 5.82 Å². The first-order valence-corrected chi connectivity index (χ1v) is 7.50. The van der Waals surface area contributed by atoms with Crippen molar-refractivity contribution in [3.63, 3.8) is 0 Å². The Morgan fingerprint density at radius 3 is 2.61 bits per heavy atom. The van der Waals surface area contributed by atoms with Gasteiger partial charge in [-0.05, 0) is 0 Å². The maximum Gasteiger partial charge on any atom is 0.226 e. The SMILES string of the molecule is CCc1nnc(CSCc2nsc(N(C)C)n2)o1. The van der Waals surface area contributed by atoms with E-state index in [0.29, 0.717) is 17.5 Å². The van der Waals surface area contributed by atoms with E-state index in [2.05, 4.69) is 19.6 Å². The van der Waals surface area contributed by atoms with E-state index in [9.17, 15) is 0 Å². The minimum Gasteiger partial charge on any atom is -0.424 e. The van der Waals surface area contributed by atoms with Crippen LogP contribution in [0, 0.1) is 0 Å². The molecule has 2 aromatic heterocycles. The van der Waals surface area contributed by atoms with Crippen LogP contribution < -0.4 is 4.90 Å². The average molecular weight is 285 g/mol. The van der Waals surface area contributed by atoms with Gasteiger partial charge in [-0.25, -0.2) is 4.98 Å². The van der Waals surface area contributed by atoms with E-state index in [1.807, 2.05) is 25.9 Å². The molecule has 0 aromatic carbocycles. The quantitative estimate of drug-likeness (QED) is 0.803. The molecule has 0 aliphatic heterocycles. The first-order chi connectivity index (χ1) is 8.69. The molecule has 0 unspecified atom stereocenters. The van der Waals surface area contributed by atoms with Crippen molar-refractivity contribution in [3.8, 4) is 0 Å². The van der Waals surface area contributed by atoms with E-state index in [4.69, 9.17) is 4.42 Å². The molecule has 0 bridgehead atoms. The van der Waals surface area contributed by atoms with Crippen LogP contribution in [-0.4, -0.2) is 33.7 Å². The van der Waals surface area contributed by atoms with Crippen LogP contribution in [0.1, 0.15) is 24.5 Å². The molecule has 0 saturated carbocycles. The Labute approximate surface area is 114 Å². The molecule has 2 heterocycles. The first-order valence-electron chi connectivity index (χ1n) is 5.58. The van der Waals surface area contributed by atoms with Crippen molar-refractivity contribution in [1.29, 1.82) is 0 Å². The number of aromatic nitrogens is 4. The fourth-order valence-electron chi connectivity index (χ4n) is 1.20. The molecule has 0 amide bonds. The standard InChI is InChI=1S/C10H15N5OS2/c1-4-8-12-13-9(16-8)6-17-5-7-11-10(15(2)3)18-14-7/h4-6H2,1-3H3. The third kappa shape index (κ3) is 3.42. The molecule has 2 rings (SSSR count). The summed E-state index contributed by atoms with van der Waals surface area (Å²) in [5, 5.41) is 8.82. The highest BCUT2D eigenvalue weighted by atomic mass is 32.2. The lowest BCUT2D eigenvalue weighted by atomic mass is 10.5. The summed E-state index contributed by atoms with van der Waals surface area (Å²) in [6.45, 7) is 1.99. The number of thioether (sulfide) groups is 1. The number of hydrogen-bond acceptors (Lipinski definition) is 8. The summed E-state index contributed by atoms with van der Waals surface area (Å²) in [6.07, 6.45) is 0.775. The zero-order valence-electron chi connectivity index (χ0n) is 10.6. The summed E-state index contributed by atoms with van der Waals surface area (Å²) in [4.78, 5) is 6.36. The highest BCUT2D eigenvalue weighted by Gasteiger charge is 2.08. The van der Waals surface area contributed by atoms with Crippen molar-refractivity contribution in [2.45, 2.75) is 24.9 Å². The molecule has 98 valence electrons. The number of hydrogen-bond donors (Lipinski definition) is 0. The molecule has 0 aliphatic rings. The highest BCUT2D eigenvalue weighted by Crippen LogP contribution is 2.20. The van der Waals surface area contributed by atoms with Gasteiger partial charge < -0.3 is 9.32 Å². The Morgan fingerprint density at radius 1 is 1.22 bits per heavy atom. The van der Waals surface area contributed by atoms with E-state index in [1.54, 1.807) is 11.8 Å². The van der Waals surface area contributed by atoms with Crippen LogP contribution in [-0.2, 0) is 17.9 Å². The summed E-state index contributed by atoms with van der Waals surface area (Å²) in [5.74, 6) is 3.66. The lowest BCUT2D eigenvalue weighted by Gasteiger charge is -2.04. The summed E-state index contributed by atoms with van der Waals surface area (Å²) in [6, 6.07) is 0. The molecule has 0 saturated heterocycles. The van der Waals surface area contributed by atoms with Crippen LogP contribution in [0.3, 0.4) is 0 Å². The van der Waals surface area contributed by atoms with Gasteiger partial charge in [0, 0.05) is 32.0 Å². The fraction of sp³-hybridized carbons (Fsp3) is 0.600. The predicted molar refractivity (Wildman–Crippen MR) is 72.9 cm³/mol. The van der Waals surface area contributed by atoms with Crippen molar-refractivity contribution in [1.82, 2.24) is 19.6 Å². The monoisotopic (exact) mass is 285 g/mol. The topological polar surface area (TPSA) is 67.9 Å². The maximum absolute atomic E-state index is 5.42. The maximum atomic E-state index is 5.42. The molecule has 18 heavy (non-hydrogen) atoms. The molecule has 0 spiro atoms. The highest BCUT2D eigenvalue weighted by molar-refractivity contribution is 7.97. The van der Waals surface area contributed by atoms with Crippen molar-refractivity contribution in [3.05, 3.63) is 17.6 Å². The minimum atomic E-state index is 0.667. The summed E-state index contributed by atoms with van der Waals surface area (Å²) in [5.41, 5.74) is 0. The molecule has 2 aromatic rings. The Bertz CT molecular complexity index is 496. The van der Waals surface area contributed by atoms with E-state index < -0.39 is 0 Å². The Kier molecular flexibility index (Phi) is 4.54. The van der Waals surface area contributed by atoms with Gasteiger partial charge in [0.05, 0.1) is 11.5 Å². The number of nitrogens with zero attached hydrogens (tertiary/aromatic N) is 5. The Hall–Kier alpha value is -1.15. The van der Waals surface area contributed by atoms with Gasteiger partial charge in [0.2, 0.25) is 16.9 Å². The van der Waals surface area contributed by atoms with E-state index in [1.165, 1.54) is 11.5 Å². The van der Waals surface area contributed by atoms with Crippen molar-refractivity contribution >= 4 is 28.4 Å². The molecule has 8 heteroatoms. The Morgan fingerprint density at radius 2 is 2.00 bits per heavy atom. The van der Waals surface area contributed by atoms with E-state index in [0.717, 1.165) is 23.1 Å². The molecule has 6 nitrogen and oxygen atoms in total. The second kappa shape index (κ2) is 6.14. The fourth-order valence-corrected chi connectivity index (χ4v) is 2.59. The first kappa shape index (κ1) is 13.3. The molecule has 0 atom stereocenters. The van der Waals surface area contributed by atoms with Crippen molar-refractivity contribution in [2.75, 3.05) is 19.0 Å². The van der Waals surface area contributed by atoms with Crippen LogP contribution in [0.25, 0.3) is 0 Å². The van der Waals surface area contributed by atoms with Gasteiger partial charge in [-0.2, -0.15) is 4.37 Å². The van der Waals surface area contributed by atoms with Crippen molar-refractivity contribution in [2.24, 2.45) is 0 Å². The smallest absolute Gasteiger partial charge is 0.226 e. The van der Waals surface area contributed by atoms with E-state index in [-0.39, 0.29) is 0 Å². The number of aryl methyl sites for hydroxylation is 1. The van der Waals surface area contributed by atoms with Crippen LogP contribution in [0.5, 0.6) is 0 Å². The lowest BCUT2D eigenvalue weighted by molar-refractivity contribution is 0.470. The molecule has 0 radical (unpaired) electrons. The summed E-state index contributed by atoms with van der Waals surface area (Å²) < 4.78 is 9.72. The van der Waals surface area contributed by atoms with Crippen LogP contribution in [0.4, 0.5) is 5.13 Å². The van der Waals surface area contributed by atoms with Gasteiger partial charge in [-0.1, -0.05) is 6.92 Å². The van der Waals surface area contributed by atoms with Crippen LogP contribution in [0.15, 0.2) is 4.42 Å². The minimum absolute atomic E-state index is 0.667. The average Bonchev–Trinajstić information content (AvgIpc) is 2.97. The number of anilines is 1. The van der Waals surface area contributed by atoms with E-state index >= 15 is 0 Å². The zero-order valence-corrected chi connectivity index (χ0v) is 12.2.